The van der Waals surface area contributed by atoms with Crippen molar-refractivity contribution >= 4 is 45.2 Å². The second-order valence-electron chi connectivity index (χ2n) is 17.9. The minimum Gasteiger partial charge on any atom is -0.489 e. The third-order valence-electron chi connectivity index (χ3n) is 13.2. The van der Waals surface area contributed by atoms with Gasteiger partial charge in [0.2, 0.25) is 10.0 Å². The Morgan fingerprint density at radius 1 is 0.779 bits per heavy atom. The lowest BCUT2D eigenvalue weighted by atomic mass is 9.85. The number of carbonyl (C=O) groups excluding carboxylic acids is 2. The normalized spacial score (nSPS) is 20.3. The summed E-state index contributed by atoms with van der Waals surface area (Å²) >= 11 is 12.9. The van der Waals surface area contributed by atoms with Crippen LogP contribution in [0.1, 0.15) is 71.9 Å². The molecule has 68 heavy (non-hydrogen) atoms. The zero-order valence-electron chi connectivity index (χ0n) is 37.1. The Hall–Kier alpha value is -5.32. The highest BCUT2D eigenvalue weighted by Gasteiger charge is 2.43. The highest BCUT2D eigenvalue weighted by molar-refractivity contribution is 7.89. The monoisotopic (exact) mass is 989 g/mol. The van der Waals surface area contributed by atoms with Gasteiger partial charge >= 0.3 is 18.6 Å². The molecule has 2 bridgehead atoms. The van der Waals surface area contributed by atoms with Gasteiger partial charge in [-0.15, -0.1) is 0 Å². The quantitative estimate of drug-likeness (QED) is 0.0691. The molecule has 0 radical (unpaired) electrons. The molecule has 0 spiro atoms. The van der Waals surface area contributed by atoms with Crippen LogP contribution in [0.15, 0.2) is 114 Å². The van der Waals surface area contributed by atoms with E-state index in [9.17, 15) is 26.8 Å². The van der Waals surface area contributed by atoms with Crippen LogP contribution in [0.25, 0.3) is 0 Å². The number of carbonyl (C=O) groups is 2. The summed E-state index contributed by atoms with van der Waals surface area (Å²) in [7, 11) is -3.97. The van der Waals surface area contributed by atoms with Gasteiger partial charge in [0, 0.05) is 44.4 Å². The number of nitrogens with zero attached hydrogens (tertiary/aromatic N) is 3. The molecule has 0 unspecified atom stereocenters. The Bertz CT molecular complexity index is 2660. The van der Waals surface area contributed by atoms with Gasteiger partial charge in [-0.3, -0.25) is 19.5 Å². The number of fused-ring (bicyclic) bond motifs is 3. The second-order valence-corrected chi connectivity index (χ2v) is 20.7. The van der Waals surface area contributed by atoms with E-state index in [1.807, 2.05) is 54.6 Å². The minimum absolute atomic E-state index is 0.00368. The summed E-state index contributed by atoms with van der Waals surface area (Å²) in [4.78, 5) is 33.5. The van der Waals surface area contributed by atoms with Crippen molar-refractivity contribution in [2.75, 3.05) is 39.3 Å². The largest absolute Gasteiger partial charge is 0.489 e. The SMILES string of the molecule is O=C(C[C@@H](c1ccccc1)c1cccc(OCc2ccc(S(=O)(=O)N3CC(C(=O)O[C@@H](Cc4c(Cl)cncc4Cl)c4ccc(OC(F)F)c(OCC5CC5)c4)C3)cc2)c1)O[C@H]1CN2CCC1CC2. The first kappa shape index (κ1) is 47.7. The Morgan fingerprint density at radius 3 is 2.18 bits per heavy atom. The van der Waals surface area contributed by atoms with Crippen LogP contribution in [0.5, 0.6) is 17.2 Å². The van der Waals surface area contributed by atoms with Crippen molar-refractivity contribution in [2.24, 2.45) is 17.8 Å². The van der Waals surface area contributed by atoms with Gasteiger partial charge in [0.05, 0.1) is 33.9 Å². The number of hydrogen-bond acceptors (Lipinski definition) is 11. The standard InChI is InChI=1S/C51H51Cl2F2N3O9S/c52-43-25-56-26-44(53)42(43)23-46(37-13-16-45(67-51(54)55)47(22-37)64-31-32-9-10-32)66-50(60)38-27-58(28-38)68(61,62)40-14-11-33(12-15-40)30-63-39-8-4-7-36(21-39)41(34-5-2-1-3-6-34)24-49(59)65-48-29-57-19-17-35(48)18-20-57/h1-8,11-16,21-22,25-26,32,35,38,41,46,48,51H,9-10,17-20,23-24,27-31H2/t41-,46-,48-/m0/s1. The first-order valence-electron chi connectivity index (χ1n) is 22.8. The summed E-state index contributed by atoms with van der Waals surface area (Å²) in [5.74, 6) is -0.684. The first-order valence-corrected chi connectivity index (χ1v) is 25.0. The molecule has 5 fully saturated rings. The van der Waals surface area contributed by atoms with Gasteiger partial charge in [-0.05, 0) is 115 Å². The number of benzene rings is 4. The molecule has 5 heterocycles. The zero-order chi connectivity index (χ0) is 47.4. The van der Waals surface area contributed by atoms with Crippen molar-refractivity contribution in [1.29, 1.82) is 0 Å². The lowest BCUT2D eigenvalue weighted by Gasteiger charge is -2.44. The molecule has 3 atom stereocenters. The maximum absolute atomic E-state index is 13.7. The molecule has 4 saturated heterocycles. The van der Waals surface area contributed by atoms with Crippen molar-refractivity contribution in [1.82, 2.24) is 14.2 Å². The number of rotatable bonds is 20. The van der Waals surface area contributed by atoms with E-state index in [0.717, 1.165) is 62.0 Å². The first-order chi connectivity index (χ1) is 32.9. The Kier molecular flexibility index (Phi) is 14.8. The lowest BCUT2D eigenvalue weighted by molar-refractivity contribution is -0.159. The molecular formula is C51H51Cl2F2N3O9S. The van der Waals surface area contributed by atoms with Gasteiger partial charge in [-0.2, -0.15) is 13.1 Å². The van der Waals surface area contributed by atoms with Gasteiger partial charge in [0.25, 0.3) is 0 Å². The molecule has 1 saturated carbocycles. The van der Waals surface area contributed by atoms with Crippen LogP contribution in [0.4, 0.5) is 8.78 Å². The van der Waals surface area contributed by atoms with E-state index in [4.69, 9.17) is 46.9 Å². The fourth-order valence-corrected chi connectivity index (χ4v) is 11.1. The van der Waals surface area contributed by atoms with Crippen LogP contribution in [0.2, 0.25) is 10.0 Å². The number of pyridine rings is 1. The smallest absolute Gasteiger partial charge is 0.387 e. The number of piperidine rings is 3. The molecule has 5 aliphatic rings. The van der Waals surface area contributed by atoms with Gasteiger partial charge in [0.1, 0.15) is 24.6 Å². The van der Waals surface area contributed by atoms with Crippen molar-refractivity contribution in [3.05, 3.63) is 147 Å². The van der Waals surface area contributed by atoms with Crippen LogP contribution in [0, 0.1) is 17.8 Å². The fraction of sp³-hybridized carbons (Fsp3) is 0.392. The number of ether oxygens (including phenoxy) is 5. The van der Waals surface area contributed by atoms with Crippen LogP contribution < -0.4 is 14.2 Å². The summed E-state index contributed by atoms with van der Waals surface area (Å²) in [6.45, 7) is 0.0670. The van der Waals surface area contributed by atoms with E-state index in [2.05, 4.69) is 9.88 Å². The van der Waals surface area contributed by atoms with E-state index in [0.29, 0.717) is 35.3 Å². The molecule has 4 aliphatic heterocycles. The number of alkyl halides is 2. The number of aromatic nitrogens is 1. The molecule has 0 amide bonds. The van der Waals surface area contributed by atoms with Crippen LogP contribution >= 0.6 is 23.2 Å². The maximum Gasteiger partial charge on any atom is 0.387 e. The lowest BCUT2D eigenvalue weighted by Crippen LogP contribution is -2.53. The van der Waals surface area contributed by atoms with E-state index >= 15 is 0 Å². The van der Waals surface area contributed by atoms with Crippen molar-refractivity contribution in [2.45, 2.75) is 74.8 Å². The molecule has 10 rings (SSSR count). The van der Waals surface area contributed by atoms with Crippen molar-refractivity contribution in [3.8, 4) is 17.2 Å². The summed E-state index contributed by atoms with van der Waals surface area (Å²) in [5.41, 5.74) is 3.49. The molecule has 358 valence electrons. The maximum atomic E-state index is 13.7. The number of sulfonamides is 1. The van der Waals surface area contributed by atoms with E-state index in [1.54, 1.807) is 12.1 Å². The molecule has 17 heteroatoms. The predicted octanol–water partition coefficient (Wildman–Crippen LogP) is 9.66. The number of hydrogen-bond donors (Lipinski definition) is 0. The van der Waals surface area contributed by atoms with E-state index in [-0.39, 0.29) is 77.0 Å². The van der Waals surface area contributed by atoms with E-state index in [1.165, 1.54) is 47.0 Å². The van der Waals surface area contributed by atoms with Crippen LogP contribution in [0.3, 0.4) is 0 Å². The van der Waals surface area contributed by atoms with Gasteiger partial charge < -0.3 is 23.7 Å². The van der Waals surface area contributed by atoms with Crippen LogP contribution in [-0.2, 0) is 42.1 Å². The average molecular weight is 991 g/mol. The molecule has 1 aromatic heterocycles. The highest BCUT2D eigenvalue weighted by atomic mass is 35.5. The topological polar surface area (TPSA) is 134 Å². The number of halogens is 4. The zero-order valence-corrected chi connectivity index (χ0v) is 39.4. The Balaban J connectivity index is 0.821. The Labute approximate surface area is 404 Å². The molecule has 5 aromatic rings. The molecule has 1 aliphatic carbocycles. The molecule has 0 N–H and O–H groups in total. The Morgan fingerprint density at radius 2 is 1.50 bits per heavy atom. The predicted molar refractivity (Wildman–Crippen MR) is 249 cm³/mol. The summed E-state index contributed by atoms with van der Waals surface area (Å²) in [6, 6.07) is 28.2. The summed E-state index contributed by atoms with van der Waals surface area (Å²) in [5, 5.41) is 0.465. The van der Waals surface area contributed by atoms with Gasteiger partial charge in [-0.25, -0.2) is 8.42 Å². The third kappa shape index (κ3) is 11.6. The average Bonchev–Trinajstić information content (AvgIpc) is 4.16. The van der Waals surface area contributed by atoms with Crippen LogP contribution in [-0.4, -0.2) is 86.6 Å². The van der Waals surface area contributed by atoms with Crippen molar-refractivity contribution in [3.63, 3.8) is 0 Å². The third-order valence-corrected chi connectivity index (χ3v) is 15.7. The highest BCUT2D eigenvalue weighted by Crippen LogP contribution is 2.40. The van der Waals surface area contributed by atoms with Gasteiger partial charge in [0.15, 0.2) is 11.5 Å². The molecule has 12 nitrogen and oxygen atoms in total. The summed E-state index contributed by atoms with van der Waals surface area (Å²) < 4.78 is 84.2. The molecular weight excluding hydrogens is 940 g/mol. The fourth-order valence-electron chi connectivity index (χ4n) is 9.03. The number of esters is 2. The molecule has 4 aromatic carbocycles. The van der Waals surface area contributed by atoms with Crippen molar-refractivity contribution < 1.29 is 50.5 Å². The van der Waals surface area contributed by atoms with Gasteiger partial charge in [-0.1, -0.05) is 83.9 Å². The second kappa shape index (κ2) is 21.1. The summed E-state index contributed by atoms with van der Waals surface area (Å²) in [6.07, 6.45) is 5.97. The minimum atomic E-state index is -3.97. The van der Waals surface area contributed by atoms with E-state index < -0.39 is 34.6 Å².